The van der Waals surface area contributed by atoms with E-state index in [1.165, 1.54) is 10.4 Å². The van der Waals surface area contributed by atoms with Crippen molar-refractivity contribution in [3.05, 3.63) is 52.2 Å². The molecule has 4 heteroatoms. The summed E-state index contributed by atoms with van der Waals surface area (Å²) in [6.45, 7) is 7.49. The van der Waals surface area contributed by atoms with Gasteiger partial charge in [-0.15, -0.1) is 11.3 Å². The average Bonchev–Trinajstić information content (AvgIpc) is 3.22. The summed E-state index contributed by atoms with van der Waals surface area (Å²) in [5.41, 5.74) is 1.39. The molecule has 1 saturated heterocycles. The Bertz CT molecular complexity index is 671. The highest BCUT2D eigenvalue weighted by atomic mass is 32.1. The van der Waals surface area contributed by atoms with Crippen LogP contribution in [0.25, 0.3) is 0 Å². The molecule has 0 saturated carbocycles. The maximum absolute atomic E-state index is 12.6. The van der Waals surface area contributed by atoms with Gasteiger partial charge in [-0.05, 0) is 47.4 Å². The molecular formula is C20H25NO2S. The number of carbonyl (C=O) groups excluding carboxylic acids is 1. The quantitative estimate of drug-likeness (QED) is 0.799. The zero-order valence-corrected chi connectivity index (χ0v) is 15.4. The Labute approximate surface area is 148 Å². The number of likely N-dealkylation sites (tertiary alicyclic amines) is 1. The minimum Gasteiger partial charge on any atom is -0.484 e. The number of benzene rings is 1. The van der Waals surface area contributed by atoms with Gasteiger partial charge in [0.1, 0.15) is 5.75 Å². The van der Waals surface area contributed by atoms with Crippen LogP contribution in [0.1, 0.15) is 50.1 Å². The van der Waals surface area contributed by atoms with Crippen molar-refractivity contribution < 1.29 is 9.53 Å². The summed E-state index contributed by atoms with van der Waals surface area (Å²) in [5.74, 6) is 0.828. The summed E-state index contributed by atoms with van der Waals surface area (Å²) < 4.78 is 5.73. The highest BCUT2D eigenvalue weighted by molar-refractivity contribution is 7.10. The molecule has 1 aromatic carbocycles. The fourth-order valence-corrected chi connectivity index (χ4v) is 3.99. The fourth-order valence-electron chi connectivity index (χ4n) is 3.12. The van der Waals surface area contributed by atoms with Crippen LogP contribution in [-0.2, 0) is 10.2 Å². The van der Waals surface area contributed by atoms with Crippen molar-refractivity contribution in [2.75, 3.05) is 13.2 Å². The second-order valence-corrected chi connectivity index (χ2v) is 8.30. The summed E-state index contributed by atoms with van der Waals surface area (Å²) in [7, 11) is 0. The minimum atomic E-state index is 0.0748. The predicted molar refractivity (Wildman–Crippen MR) is 98.6 cm³/mol. The molecule has 2 aromatic rings. The maximum Gasteiger partial charge on any atom is 0.261 e. The molecule has 1 unspecified atom stereocenters. The van der Waals surface area contributed by atoms with Crippen molar-refractivity contribution in [3.63, 3.8) is 0 Å². The SMILES string of the molecule is CC(C)(C)c1ccc(OCC(=O)N2CCCC2c2cccs2)cc1. The third-order valence-electron chi connectivity index (χ3n) is 4.53. The second-order valence-electron chi connectivity index (χ2n) is 7.32. The Morgan fingerprint density at radius 2 is 2.00 bits per heavy atom. The van der Waals surface area contributed by atoms with E-state index in [-0.39, 0.29) is 24.0 Å². The van der Waals surface area contributed by atoms with E-state index in [0.717, 1.165) is 25.1 Å². The zero-order valence-electron chi connectivity index (χ0n) is 14.6. The van der Waals surface area contributed by atoms with Crippen molar-refractivity contribution in [2.45, 2.75) is 45.1 Å². The highest BCUT2D eigenvalue weighted by Crippen LogP contribution is 2.34. The molecule has 1 aliphatic heterocycles. The molecular weight excluding hydrogens is 318 g/mol. The molecule has 1 aromatic heterocycles. The highest BCUT2D eigenvalue weighted by Gasteiger charge is 2.30. The third-order valence-corrected chi connectivity index (χ3v) is 5.50. The standard InChI is InChI=1S/C20H25NO2S/c1-20(2,3)15-8-10-16(11-9-15)23-14-19(22)21-12-4-6-17(21)18-7-5-13-24-18/h5,7-11,13,17H,4,6,12,14H2,1-3H3. The Kier molecular flexibility index (Phi) is 4.95. The van der Waals surface area contributed by atoms with Gasteiger partial charge in [-0.1, -0.05) is 39.0 Å². The number of hydrogen-bond acceptors (Lipinski definition) is 3. The van der Waals surface area contributed by atoms with Crippen LogP contribution < -0.4 is 4.74 Å². The van der Waals surface area contributed by atoms with E-state index >= 15 is 0 Å². The molecule has 2 heterocycles. The molecule has 128 valence electrons. The van der Waals surface area contributed by atoms with E-state index in [0.29, 0.717) is 0 Å². The third kappa shape index (κ3) is 3.81. The van der Waals surface area contributed by atoms with Gasteiger partial charge < -0.3 is 9.64 Å². The lowest BCUT2D eigenvalue weighted by Crippen LogP contribution is -2.34. The van der Waals surface area contributed by atoms with Crippen LogP contribution in [0.2, 0.25) is 0 Å². The first-order valence-electron chi connectivity index (χ1n) is 8.51. The average molecular weight is 343 g/mol. The van der Waals surface area contributed by atoms with Gasteiger partial charge in [0.25, 0.3) is 5.91 Å². The summed E-state index contributed by atoms with van der Waals surface area (Å²) in [6.07, 6.45) is 2.11. The fraction of sp³-hybridized carbons (Fsp3) is 0.450. The Morgan fingerprint density at radius 3 is 2.62 bits per heavy atom. The lowest BCUT2D eigenvalue weighted by Gasteiger charge is -2.24. The number of thiophene rings is 1. The van der Waals surface area contributed by atoms with Crippen molar-refractivity contribution >= 4 is 17.2 Å². The van der Waals surface area contributed by atoms with Gasteiger partial charge in [0.2, 0.25) is 0 Å². The Morgan fingerprint density at radius 1 is 1.25 bits per heavy atom. The first kappa shape index (κ1) is 17.0. The number of carbonyl (C=O) groups is 1. The van der Waals surface area contributed by atoms with E-state index in [1.807, 2.05) is 23.1 Å². The van der Waals surface area contributed by atoms with Crippen molar-refractivity contribution in [2.24, 2.45) is 0 Å². The smallest absolute Gasteiger partial charge is 0.261 e. The lowest BCUT2D eigenvalue weighted by atomic mass is 9.87. The van der Waals surface area contributed by atoms with Gasteiger partial charge in [-0.3, -0.25) is 4.79 Å². The molecule has 3 nitrogen and oxygen atoms in total. The number of hydrogen-bond donors (Lipinski definition) is 0. The molecule has 1 aliphatic rings. The Balaban J connectivity index is 1.59. The number of nitrogens with zero attached hydrogens (tertiary/aromatic N) is 1. The molecule has 1 amide bonds. The number of ether oxygens (including phenoxy) is 1. The summed E-state index contributed by atoms with van der Waals surface area (Å²) in [6, 6.07) is 12.4. The second kappa shape index (κ2) is 6.98. The van der Waals surface area contributed by atoms with Crippen molar-refractivity contribution in [1.82, 2.24) is 4.90 Å². The summed E-state index contributed by atoms with van der Waals surface area (Å²) >= 11 is 1.72. The van der Waals surface area contributed by atoms with E-state index in [1.54, 1.807) is 11.3 Å². The molecule has 0 radical (unpaired) electrons. The lowest BCUT2D eigenvalue weighted by molar-refractivity contribution is -0.134. The summed E-state index contributed by atoms with van der Waals surface area (Å²) in [4.78, 5) is 15.8. The largest absolute Gasteiger partial charge is 0.484 e. The first-order chi connectivity index (χ1) is 11.4. The van der Waals surface area contributed by atoms with Crippen LogP contribution >= 0.6 is 11.3 Å². The van der Waals surface area contributed by atoms with Gasteiger partial charge >= 0.3 is 0 Å². The molecule has 1 atom stereocenters. The number of rotatable bonds is 4. The molecule has 0 aliphatic carbocycles. The van der Waals surface area contributed by atoms with Crippen LogP contribution in [0.15, 0.2) is 41.8 Å². The monoisotopic (exact) mass is 343 g/mol. The van der Waals surface area contributed by atoms with Crippen LogP contribution in [-0.4, -0.2) is 24.0 Å². The Hall–Kier alpha value is -1.81. The van der Waals surface area contributed by atoms with E-state index in [2.05, 4.69) is 44.4 Å². The van der Waals surface area contributed by atoms with E-state index in [4.69, 9.17) is 4.74 Å². The maximum atomic E-state index is 12.6. The van der Waals surface area contributed by atoms with Crippen LogP contribution in [0, 0.1) is 0 Å². The normalized spacial score (nSPS) is 18.0. The number of amides is 1. The van der Waals surface area contributed by atoms with Gasteiger partial charge in [0.05, 0.1) is 6.04 Å². The molecule has 1 fully saturated rings. The van der Waals surface area contributed by atoms with Gasteiger partial charge in [-0.2, -0.15) is 0 Å². The zero-order chi connectivity index (χ0) is 17.2. The van der Waals surface area contributed by atoms with E-state index < -0.39 is 0 Å². The molecule has 0 bridgehead atoms. The van der Waals surface area contributed by atoms with Crippen LogP contribution in [0.4, 0.5) is 0 Å². The predicted octanol–water partition coefficient (Wildman–Crippen LogP) is 4.79. The van der Waals surface area contributed by atoms with Crippen LogP contribution in [0.5, 0.6) is 5.75 Å². The molecule has 0 spiro atoms. The first-order valence-corrected chi connectivity index (χ1v) is 9.39. The van der Waals surface area contributed by atoms with Gasteiger partial charge in [0.15, 0.2) is 6.61 Å². The van der Waals surface area contributed by atoms with E-state index in [9.17, 15) is 4.79 Å². The van der Waals surface area contributed by atoms with Gasteiger partial charge in [-0.25, -0.2) is 0 Å². The van der Waals surface area contributed by atoms with Crippen LogP contribution in [0.3, 0.4) is 0 Å². The minimum absolute atomic E-state index is 0.0748. The van der Waals surface area contributed by atoms with Gasteiger partial charge in [0, 0.05) is 11.4 Å². The van der Waals surface area contributed by atoms with Crippen molar-refractivity contribution in [3.8, 4) is 5.75 Å². The topological polar surface area (TPSA) is 29.5 Å². The summed E-state index contributed by atoms with van der Waals surface area (Å²) in [5, 5.41) is 2.07. The molecule has 24 heavy (non-hydrogen) atoms. The molecule has 3 rings (SSSR count). The molecule has 0 N–H and O–H groups in total. The van der Waals surface area contributed by atoms with Crippen molar-refractivity contribution in [1.29, 1.82) is 0 Å².